The van der Waals surface area contributed by atoms with Crippen molar-refractivity contribution in [2.75, 3.05) is 6.61 Å². The Bertz CT molecular complexity index is 367. The zero-order chi connectivity index (χ0) is 11.4. The zero-order valence-electron chi connectivity index (χ0n) is 9.96. The molecule has 2 heteroatoms. The first-order valence-electron chi connectivity index (χ1n) is 5.98. The highest BCUT2D eigenvalue weighted by Crippen LogP contribution is 2.14. The number of allylic oxidation sites excluding steroid dienone is 1. The minimum absolute atomic E-state index is 0.742. The highest BCUT2D eigenvalue weighted by Gasteiger charge is 2.21. The van der Waals surface area contributed by atoms with Gasteiger partial charge in [0.25, 0.3) is 0 Å². The van der Waals surface area contributed by atoms with Crippen LogP contribution in [-0.2, 0) is 10.8 Å². The van der Waals surface area contributed by atoms with Crippen molar-refractivity contribution in [2.24, 2.45) is 0 Å². The van der Waals surface area contributed by atoms with Gasteiger partial charge in [-0.15, -0.1) is 0 Å². The molecule has 1 saturated heterocycles. The Morgan fingerprint density at radius 2 is 2.19 bits per heavy atom. The van der Waals surface area contributed by atoms with E-state index in [1.165, 1.54) is 35.2 Å². The summed E-state index contributed by atoms with van der Waals surface area (Å²) in [6, 6.07) is 9.98. The molecule has 0 aromatic heterocycles. The van der Waals surface area contributed by atoms with Gasteiger partial charge < -0.3 is 4.43 Å². The van der Waals surface area contributed by atoms with Gasteiger partial charge in [-0.3, -0.25) is 0 Å². The Morgan fingerprint density at radius 1 is 1.38 bits per heavy atom. The van der Waals surface area contributed by atoms with Gasteiger partial charge in [0.15, 0.2) is 0 Å². The lowest BCUT2D eigenvalue weighted by atomic mass is 10.1. The molecule has 0 saturated carbocycles. The van der Waals surface area contributed by atoms with E-state index >= 15 is 0 Å². The number of rotatable bonds is 3. The fourth-order valence-electron chi connectivity index (χ4n) is 2.14. The first kappa shape index (κ1) is 11.6. The molecule has 1 fully saturated rings. The number of hydrogen-bond donors (Lipinski definition) is 0. The Balaban J connectivity index is 2.20. The largest absolute Gasteiger partial charge is 0.412 e. The van der Waals surface area contributed by atoms with Gasteiger partial charge in [-0.1, -0.05) is 42.8 Å². The molecule has 0 atom stereocenters. The zero-order valence-corrected chi connectivity index (χ0v) is 11.0. The van der Waals surface area contributed by atoms with Crippen LogP contribution in [0.2, 0.25) is 6.04 Å². The maximum absolute atomic E-state index is 5.96. The molecular formula is C14H19OSi. The normalized spacial score (nSPS) is 17.3. The lowest BCUT2D eigenvalue weighted by Gasteiger charge is -2.22. The predicted molar refractivity (Wildman–Crippen MR) is 70.3 cm³/mol. The Kier molecular flexibility index (Phi) is 3.96. The SMILES string of the molecule is C=C(C)Cc1ccccc1[Si]1CCCCO1. The van der Waals surface area contributed by atoms with E-state index in [1.54, 1.807) is 0 Å². The van der Waals surface area contributed by atoms with Gasteiger partial charge in [-0.05, 0) is 36.6 Å². The molecular weight excluding hydrogens is 212 g/mol. The second-order valence-electron chi connectivity index (χ2n) is 4.52. The van der Waals surface area contributed by atoms with Crippen LogP contribution in [0.4, 0.5) is 0 Å². The molecule has 1 nitrogen and oxygen atoms in total. The third kappa shape index (κ3) is 2.83. The van der Waals surface area contributed by atoms with Crippen LogP contribution in [0.3, 0.4) is 0 Å². The van der Waals surface area contributed by atoms with E-state index in [9.17, 15) is 0 Å². The second kappa shape index (κ2) is 5.46. The quantitative estimate of drug-likeness (QED) is 0.574. The van der Waals surface area contributed by atoms with Gasteiger partial charge in [0.2, 0.25) is 9.04 Å². The molecule has 0 amide bonds. The van der Waals surface area contributed by atoms with E-state index in [0.29, 0.717) is 0 Å². The van der Waals surface area contributed by atoms with Crippen LogP contribution < -0.4 is 5.19 Å². The molecule has 0 bridgehead atoms. The maximum Gasteiger partial charge on any atom is 0.247 e. The summed E-state index contributed by atoms with van der Waals surface area (Å²) in [4.78, 5) is 0. The lowest BCUT2D eigenvalue weighted by molar-refractivity contribution is 0.294. The Morgan fingerprint density at radius 3 is 2.88 bits per heavy atom. The molecule has 85 valence electrons. The van der Waals surface area contributed by atoms with Crippen LogP contribution in [0.25, 0.3) is 0 Å². The van der Waals surface area contributed by atoms with E-state index in [-0.39, 0.29) is 0 Å². The summed E-state index contributed by atoms with van der Waals surface area (Å²) in [5.74, 6) is 0. The van der Waals surface area contributed by atoms with Crippen molar-refractivity contribution in [2.45, 2.75) is 32.2 Å². The molecule has 0 unspecified atom stereocenters. The molecule has 0 spiro atoms. The minimum atomic E-state index is -0.742. The fourth-order valence-corrected chi connectivity index (χ4v) is 4.48. The van der Waals surface area contributed by atoms with Crippen LogP contribution in [0.5, 0.6) is 0 Å². The van der Waals surface area contributed by atoms with Gasteiger partial charge in [0.1, 0.15) is 0 Å². The average molecular weight is 231 g/mol. The smallest absolute Gasteiger partial charge is 0.247 e. The summed E-state index contributed by atoms with van der Waals surface area (Å²) in [7, 11) is -0.742. The minimum Gasteiger partial charge on any atom is -0.412 e. The molecule has 1 aliphatic rings. The monoisotopic (exact) mass is 231 g/mol. The first-order valence-corrected chi connectivity index (χ1v) is 7.60. The number of benzene rings is 1. The van der Waals surface area contributed by atoms with E-state index in [1.807, 2.05) is 0 Å². The molecule has 1 radical (unpaired) electrons. The Hall–Kier alpha value is -0.863. The standard InChI is InChI=1S/C14H19OSi/c1-12(2)11-13-7-3-4-8-14(13)16-10-6-5-9-15-16/h3-4,7-8H,1,5-6,9-11H2,2H3. The van der Waals surface area contributed by atoms with Gasteiger partial charge in [-0.25, -0.2) is 0 Å². The lowest BCUT2D eigenvalue weighted by Crippen LogP contribution is -2.38. The van der Waals surface area contributed by atoms with E-state index in [2.05, 4.69) is 37.8 Å². The average Bonchev–Trinajstić information content (AvgIpc) is 2.30. The van der Waals surface area contributed by atoms with E-state index in [4.69, 9.17) is 4.43 Å². The van der Waals surface area contributed by atoms with Crippen molar-refractivity contribution in [3.63, 3.8) is 0 Å². The van der Waals surface area contributed by atoms with Crippen LogP contribution in [0, 0.1) is 0 Å². The predicted octanol–water partition coefficient (Wildman–Crippen LogP) is 2.81. The topological polar surface area (TPSA) is 9.23 Å². The van der Waals surface area contributed by atoms with Crippen molar-refractivity contribution in [3.05, 3.63) is 42.0 Å². The molecule has 1 aromatic rings. The van der Waals surface area contributed by atoms with Crippen LogP contribution in [0.15, 0.2) is 36.4 Å². The van der Waals surface area contributed by atoms with Crippen molar-refractivity contribution in [1.29, 1.82) is 0 Å². The fraction of sp³-hybridized carbons (Fsp3) is 0.429. The summed E-state index contributed by atoms with van der Waals surface area (Å²) < 4.78 is 5.96. The van der Waals surface area contributed by atoms with E-state index < -0.39 is 9.04 Å². The highest BCUT2D eigenvalue weighted by atomic mass is 28.3. The van der Waals surface area contributed by atoms with Gasteiger partial charge in [-0.2, -0.15) is 0 Å². The van der Waals surface area contributed by atoms with E-state index in [0.717, 1.165) is 13.0 Å². The first-order chi connectivity index (χ1) is 7.77. The van der Waals surface area contributed by atoms with Crippen LogP contribution in [-0.4, -0.2) is 15.6 Å². The van der Waals surface area contributed by atoms with Crippen molar-refractivity contribution < 1.29 is 4.43 Å². The van der Waals surface area contributed by atoms with Crippen molar-refractivity contribution >= 4 is 14.2 Å². The number of hydrogen-bond acceptors (Lipinski definition) is 1. The van der Waals surface area contributed by atoms with Crippen LogP contribution >= 0.6 is 0 Å². The summed E-state index contributed by atoms with van der Waals surface area (Å²) >= 11 is 0. The van der Waals surface area contributed by atoms with Gasteiger partial charge in [0, 0.05) is 6.61 Å². The van der Waals surface area contributed by atoms with Crippen molar-refractivity contribution in [3.8, 4) is 0 Å². The summed E-state index contributed by atoms with van der Waals surface area (Å²) in [5, 5.41) is 1.47. The molecule has 16 heavy (non-hydrogen) atoms. The highest BCUT2D eigenvalue weighted by molar-refractivity contribution is 6.68. The molecule has 2 rings (SSSR count). The molecule has 1 aliphatic heterocycles. The van der Waals surface area contributed by atoms with Crippen molar-refractivity contribution in [1.82, 2.24) is 0 Å². The maximum atomic E-state index is 5.96. The van der Waals surface area contributed by atoms with Crippen LogP contribution in [0.1, 0.15) is 25.3 Å². The molecule has 1 aromatic carbocycles. The third-order valence-electron chi connectivity index (χ3n) is 2.88. The summed E-state index contributed by atoms with van der Waals surface area (Å²) in [6.45, 7) is 7.05. The Labute approximate surface area is 99.9 Å². The summed E-state index contributed by atoms with van der Waals surface area (Å²) in [5.41, 5.74) is 2.65. The molecule has 1 heterocycles. The van der Waals surface area contributed by atoms with Gasteiger partial charge >= 0.3 is 0 Å². The van der Waals surface area contributed by atoms with Gasteiger partial charge in [0.05, 0.1) is 0 Å². The second-order valence-corrected chi connectivity index (χ2v) is 6.69. The third-order valence-corrected chi connectivity index (χ3v) is 5.33. The molecule has 0 N–H and O–H groups in total. The molecule has 0 aliphatic carbocycles. The summed E-state index contributed by atoms with van der Waals surface area (Å²) in [6.07, 6.45) is 3.56.